The number of nitrogens with zero attached hydrogens (tertiary/aromatic N) is 5. The van der Waals surface area contributed by atoms with Crippen molar-refractivity contribution in [2.75, 3.05) is 52.4 Å². The minimum absolute atomic E-state index is 0.185. The van der Waals surface area contributed by atoms with Crippen LogP contribution < -0.4 is 0 Å². The van der Waals surface area contributed by atoms with Crippen molar-refractivity contribution in [2.24, 2.45) is 4.99 Å². The van der Waals surface area contributed by atoms with E-state index < -0.39 is 17.9 Å². The second-order valence-corrected chi connectivity index (χ2v) is 9.00. The zero-order valence-electron chi connectivity index (χ0n) is 19.4. The van der Waals surface area contributed by atoms with E-state index >= 15 is 0 Å². The Balaban J connectivity index is 1.74. The molecule has 2 aromatic rings. The number of aromatic nitrogens is 1. The van der Waals surface area contributed by atoms with E-state index in [2.05, 4.69) is 0 Å². The van der Waals surface area contributed by atoms with Crippen LogP contribution in [0.15, 0.2) is 29.3 Å². The normalized spacial score (nSPS) is 18.2. The van der Waals surface area contributed by atoms with Gasteiger partial charge in [0, 0.05) is 50.4 Å². The molecule has 0 aliphatic carbocycles. The van der Waals surface area contributed by atoms with Crippen molar-refractivity contribution in [3.63, 3.8) is 0 Å². The second kappa shape index (κ2) is 10.9. The first kappa shape index (κ1) is 24.7. The van der Waals surface area contributed by atoms with Crippen molar-refractivity contribution in [3.05, 3.63) is 35.5 Å². The van der Waals surface area contributed by atoms with Crippen LogP contribution in [0.5, 0.6) is 0 Å². The van der Waals surface area contributed by atoms with Crippen LogP contribution in [0.4, 0.5) is 5.69 Å². The van der Waals surface area contributed by atoms with E-state index in [1.165, 1.54) is 0 Å². The van der Waals surface area contributed by atoms with Crippen LogP contribution in [0.3, 0.4) is 0 Å². The van der Waals surface area contributed by atoms with Crippen LogP contribution in [0.2, 0.25) is 0 Å². The Hall–Kier alpha value is -3.41. The monoisotopic (exact) mass is 483 g/mol. The maximum atomic E-state index is 11.5. The Labute approximate surface area is 202 Å². The van der Waals surface area contributed by atoms with E-state index in [0.717, 1.165) is 34.3 Å². The maximum Gasteiger partial charge on any atom is 0.317 e. The standard InChI is InChI=1S/C24H29N5O6/c30-20(31)13-27-7-9-28(14-21(32)33)11-18-5-3-16-1-2-17-4-6-19(26-24(17)23(16)25-18)12-29(10-8-27)15-22(34)35/h1-3,5H,4,6-15H2,(H,30,31)(H,32,33)(H,34,35). The fourth-order valence-corrected chi connectivity index (χ4v) is 4.60. The Kier molecular flexibility index (Phi) is 7.69. The fraction of sp³-hybridized carbons (Fsp3) is 0.458. The number of carbonyl (C=O) groups is 3. The van der Waals surface area contributed by atoms with E-state index in [4.69, 9.17) is 9.98 Å². The SMILES string of the molecule is O=C(O)CN1CCN(CC(=O)O)CC2=Nc3c(ccc4ccc(nc34)CN(CC(=O)O)CC1)CC2. The van der Waals surface area contributed by atoms with Gasteiger partial charge in [0.25, 0.3) is 0 Å². The minimum Gasteiger partial charge on any atom is -0.480 e. The van der Waals surface area contributed by atoms with E-state index in [1.807, 2.05) is 24.3 Å². The van der Waals surface area contributed by atoms with Crippen molar-refractivity contribution in [1.82, 2.24) is 19.7 Å². The highest BCUT2D eigenvalue weighted by Gasteiger charge is 2.22. The van der Waals surface area contributed by atoms with Crippen LogP contribution in [0, 0.1) is 0 Å². The molecule has 0 saturated carbocycles. The number of aryl methyl sites for hydroxylation is 1. The summed E-state index contributed by atoms with van der Waals surface area (Å²) in [5.41, 5.74) is 4.19. The summed E-state index contributed by atoms with van der Waals surface area (Å²) in [6.07, 6.45) is 1.48. The minimum atomic E-state index is -0.996. The molecule has 2 aliphatic heterocycles. The molecule has 186 valence electrons. The second-order valence-electron chi connectivity index (χ2n) is 9.00. The van der Waals surface area contributed by atoms with Gasteiger partial charge in [-0.1, -0.05) is 18.2 Å². The van der Waals surface area contributed by atoms with E-state index in [-0.39, 0.29) is 19.6 Å². The lowest BCUT2D eigenvalue weighted by atomic mass is 9.98. The molecule has 3 N–H and O–H groups in total. The number of aliphatic imine (C=N–C) groups is 1. The van der Waals surface area contributed by atoms with Crippen LogP contribution >= 0.6 is 0 Å². The van der Waals surface area contributed by atoms with Gasteiger partial charge in [-0.15, -0.1) is 0 Å². The predicted molar refractivity (Wildman–Crippen MR) is 128 cm³/mol. The fourth-order valence-electron chi connectivity index (χ4n) is 4.60. The molecule has 0 unspecified atom stereocenters. The first-order valence-electron chi connectivity index (χ1n) is 11.6. The lowest BCUT2D eigenvalue weighted by molar-refractivity contribution is -0.140. The summed E-state index contributed by atoms with van der Waals surface area (Å²) >= 11 is 0. The summed E-state index contributed by atoms with van der Waals surface area (Å²) in [6, 6.07) is 7.88. The van der Waals surface area contributed by atoms with Crippen molar-refractivity contribution in [1.29, 1.82) is 0 Å². The Morgan fingerprint density at radius 1 is 0.743 bits per heavy atom. The number of rotatable bonds is 6. The molecule has 0 fully saturated rings. The number of hydrogen-bond acceptors (Lipinski definition) is 8. The highest BCUT2D eigenvalue weighted by molar-refractivity contribution is 5.98. The van der Waals surface area contributed by atoms with Gasteiger partial charge in [0.2, 0.25) is 0 Å². The van der Waals surface area contributed by atoms with Gasteiger partial charge in [-0.25, -0.2) is 4.98 Å². The van der Waals surface area contributed by atoms with Gasteiger partial charge in [0.05, 0.1) is 36.5 Å². The quantitative estimate of drug-likeness (QED) is 0.542. The smallest absolute Gasteiger partial charge is 0.317 e. The van der Waals surface area contributed by atoms with Gasteiger partial charge < -0.3 is 15.3 Å². The molecule has 35 heavy (non-hydrogen) atoms. The molecule has 1 aromatic carbocycles. The van der Waals surface area contributed by atoms with Crippen LogP contribution in [-0.2, 0) is 27.3 Å². The molecule has 0 amide bonds. The average Bonchev–Trinajstić information content (AvgIpc) is 2.79. The molecule has 4 rings (SSSR count). The average molecular weight is 484 g/mol. The highest BCUT2D eigenvalue weighted by atomic mass is 16.4. The van der Waals surface area contributed by atoms with E-state index in [9.17, 15) is 29.7 Å². The largest absolute Gasteiger partial charge is 0.480 e. The molecule has 0 saturated heterocycles. The molecule has 1 aromatic heterocycles. The molecule has 0 atom stereocenters. The lowest BCUT2D eigenvalue weighted by Gasteiger charge is -2.28. The number of aliphatic carboxylic acids is 3. The van der Waals surface area contributed by atoms with Gasteiger partial charge in [-0.3, -0.25) is 34.1 Å². The number of fused-ring (bicyclic) bond motifs is 1. The zero-order valence-corrected chi connectivity index (χ0v) is 19.4. The van der Waals surface area contributed by atoms with Gasteiger partial charge in [0.1, 0.15) is 0 Å². The third kappa shape index (κ3) is 6.59. The van der Waals surface area contributed by atoms with E-state index in [1.54, 1.807) is 14.7 Å². The number of hydrogen-bond donors (Lipinski definition) is 3. The van der Waals surface area contributed by atoms with Crippen molar-refractivity contribution < 1.29 is 29.7 Å². The van der Waals surface area contributed by atoms with E-state index in [0.29, 0.717) is 51.4 Å². The molecule has 11 nitrogen and oxygen atoms in total. The molecular formula is C24H29N5O6. The predicted octanol–water partition coefficient (Wildman–Crippen LogP) is 0.927. The molecule has 11 heteroatoms. The summed E-state index contributed by atoms with van der Waals surface area (Å²) in [7, 11) is 0. The first-order chi connectivity index (χ1) is 16.8. The molecular weight excluding hydrogens is 454 g/mol. The number of carboxylic acid groups (broad SMARTS) is 3. The molecule has 3 heterocycles. The Morgan fingerprint density at radius 2 is 1.31 bits per heavy atom. The van der Waals surface area contributed by atoms with Gasteiger partial charge in [0.15, 0.2) is 0 Å². The third-order valence-corrected chi connectivity index (χ3v) is 6.26. The Bertz CT molecular complexity index is 1170. The summed E-state index contributed by atoms with van der Waals surface area (Å²) < 4.78 is 0. The summed E-state index contributed by atoms with van der Waals surface area (Å²) in [5.74, 6) is -2.94. The number of carboxylic acids is 3. The molecule has 4 bridgehead atoms. The third-order valence-electron chi connectivity index (χ3n) is 6.26. The Morgan fingerprint density at radius 3 is 1.97 bits per heavy atom. The van der Waals surface area contributed by atoms with Gasteiger partial charge in [-0.05, 0) is 24.5 Å². The van der Waals surface area contributed by atoms with Crippen molar-refractivity contribution >= 4 is 40.2 Å². The summed E-state index contributed by atoms with van der Waals surface area (Å²) in [4.78, 5) is 49.4. The molecule has 2 aliphatic rings. The zero-order chi connectivity index (χ0) is 24.9. The summed E-state index contributed by atoms with van der Waals surface area (Å²) in [6.45, 7) is 1.39. The number of pyridine rings is 1. The van der Waals surface area contributed by atoms with Crippen LogP contribution in [0.1, 0.15) is 17.7 Å². The topological polar surface area (TPSA) is 147 Å². The first-order valence-corrected chi connectivity index (χ1v) is 11.6. The van der Waals surface area contributed by atoms with Crippen LogP contribution in [0.25, 0.3) is 10.9 Å². The summed E-state index contributed by atoms with van der Waals surface area (Å²) in [5, 5.41) is 29.1. The maximum absolute atomic E-state index is 11.5. The lowest BCUT2D eigenvalue weighted by Crippen LogP contribution is -2.44. The highest BCUT2D eigenvalue weighted by Crippen LogP contribution is 2.33. The van der Waals surface area contributed by atoms with Crippen LogP contribution in [-0.4, -0.2) is 111 Å². The van der Waals surface area contributed by atoms with Crippen molar-refractivity contribution in [3.8, 4) is 0 Å². The van der Waals surface area contributed by atoms with Gasteiger partial charge in [-0.2, -0.15) is 0 Å². The van der Waals surface area contributed by atoms with Gasteiger partial charge >= 0.3 is 17.9 Å². The molecule has 0 spiro atoms. The molecule has 0 radical (unpaired) electrons. The van der Waals surface area contributed by atoms with Crippen molar-refractivity contribution in [2.45, 2.75) is 19.4 Å². The number of benzene rings is 1.